The standard InChI is InChI=1S/C9H13NS2/c11-7-1-2-8-12-9-3-5-10-6-4-9/h3-6,11H,1-2,7-8H2. The molecule has 0 aromatic carbocycles. The van der Waals surface area contributed by atoms with Gasteiger partial charge in [0, 0.05) is 17.3 Å². The molecule has 1 aromatic heterocycles. The first kappa shape index (κ1) is 9.93. The highest BCUT2D eigenvalue weighted by molar-refractivity contribution is 7.99. The normalized spacial score (nSPS) is 10.1. The summed E-state index contributed by atoms with van der Waals surface area (Å²) in [5, 5.41) is 0. The van der Waals surface area contributed by atoms with E-state index >= 15 is 0 Å². The molecule has 66 valence electrons. The minimum absolute atomic E-state index is 0.997. The fourth-order valence-electron chi connectivity index (χ4n) is 0.838. The lowest BCUT2D eigenvalue weighted by Gasteiger charge is -1.98. The van der Waals surface area contributed by atoms with Crippen molar-refractivity contribution >= 4 is 24.4 Å². The number of pyridine rings is 1. The molecule has 0 aliphatic heterocycles. The molecule has 0 amide bonds. The molecule has 0 fully saturated rings. The van der Waals surface area contributed by atoms with E-state index in [4.69, 9.17) is 0 Å². The van der Waals surface area contributed by atoms with Crippen LogP contribution in [0.5, 0.6) is 0 Å². The second kappa shape index (κ2) is 6.38. The number of hydrogen-bond donors (Lipinski definition) is 1. The zero-order chi connectivity index (χ0) is 8.65. The minimum atomic E-state index is 0.997. The summed E-state index contributed by atoms with van der Waals surface area (Å²) in [4.78, 5) is 5.27. The van der Waals surface area contributed by atoms with Crippen molar-refractivity contribution < 1.29 is 0 Å². The van der Waals surface area contributed by atoms with E-state index < -0.39 is 0 Å². The second-order valence-electron chi connectivity index (χ2n) is 2.46. The van der Waals surface area contributed by atoms with E-state index in [1.807, 2.05) is 36.3 Å². The van der Waals surface area contributed by atoms with E-state index in [-0.39, 0.29) is 0 Å². The molecule has 1 rings (SSSR count). The maximum Gasteiger partial charge on any atom is 0.0278 e. The van der Waals surface area contributed by atoms with E-state index in [9.17, 15) is 0 Å². The van der Waals surface area contributed by atoms with Crippen LogP contribution in [0, 0.1) is 0 Å². The lowest BCUT2D eigenvalue weighted by Crippen LogP contribution is -1.81. The highest BCUT2D eigenvalue weighted by Crippen LogP contribution is 2.17. The number of aromatic nitrogens is 1. The Bertz CT molecular complexity index is 201. The zero-order valence-electron chi connectivity index (χ0n) is 6.94. The van der Waals surface area contributed by atoms with Crippen molar-refractivity contribution in [1.82, 2.24) is 4.98 Å². The molecular weight excluding hydrogens is 186 g/mol. The Balaban J connectivity index is 2.16. The van der Waals surface area contributed by atoms with Gasteiger partial charge in [0.15, 0.2) is 0 Å². The predicted octanol–water partition coefficient (Wildman–Crippen LogP) is 2.88. The monoisotopic (exact) mass is 199 g/mol. The van der Waals surface area contributed by atoms with Gasteiger partial charge in [-0.15, -0.1) is 11.8 Å². The summed E-state index contributed by atoms with van der Waals surface area (Å²) in [7, 11) is 0. The van der Waals surface area contributed by atoms with E-state index in [1.165, 1.54) is 23.5 Å². The number of hydrogen-bond acceptors (Lipinski definition) is 3. The van der Waals surface area contributed by atoms with Crippen molar-refractivity contribution in [3.63, 3.8) is 0 Å². The Kier molecular flexibility index (Phi) is 5.28. The van der Waals surface area contributed by atoms with Crippen LogP contribution in [0.25, 0.3) is 0 Å². The van der Waals surface area contributed by atoms with Gasteiger partial charge in [0.05, 0.1) is 0 Å². The summed E-state index contributed by atoms with van der Waals surface area (Å²) in [5.41, 5.74) is 0. The zero-order valence-corrected chi connectivity index (χ0v) is 8.65. The van der Waals surface area contributed by atoms with Gasteiger partial charge in [0.25, 0.3) is 0 Å². The van der Waals surface area contributed by atoms with Crippen LogP contribution in [-0.2, 0) is 0 Å². The number of thiol groups is 1. The molecule has 3 heteroatoms. The van der Waals surface area contributed by atoms with E-state index in [0.717, 1.165) is 5.75 Å². The average molecular weight is 199 g/mol. The molecule has 0 bridgehead atoms. The van der Waals surface area contributed by atoms with Crippen molar-refractivity contribution in [2.75, 3.05) is 11.5 Å². The largest absolute Gasteiger partial charge is 0.265 e. The van der Waals surface area contributed by atoms with E-state index in [2.05, 4.69) is 17.6 Å². The lowest BCUT2D eigenvalue weighted by molar-refractivity contribution is 0.909. The number of rotatable bonds is 5. The minimum Gasteiger partial charge on any atom is -0.265 e. The van der Waals surface area contributed by atoms with Crippen LogP contribution in [-0.4, -0.2) is 16.5 Å². The first-order chi connectivity index (χ1) is 5.93. The Hall–Kier alpha value is -0.150. The lowest BCUT2D eigenvalue weighted by atomic mass is 10.4. The third kappa shape index (κ3) is 4.02. The van der Waals surface area contributed by atoms with Gasteiger partial charge in [-0.05, 0) is 36.5 Å². The van der Waals surface area contributed by atoms with Crippen LogP contribution < -0.4 is 0 Å². The van der Waals surface area contributed by atoms with Crippen LogP contribution in [0.3, 0.4) is 0 Å². The Morgan fingerprint density at radius 3 is 2.67 bits per heavy atom. The molecular formula is C9H13NS2. The Morgan fingerprint density at radius 1 is 1.25 bits per heavy atom. The third-order valence-electron chi connectivity index (χ3n) is 1.47. The highest BCUT2D eigenvalue weighted by atomic mass is 32.2. The van der Waals surface area contributed by atoms with Gasteiger partial charge >= 0.3 is 0 Å². The first-order valence-electron chi connectivity index (χ1n) is 4.07. The molecule has 0 saturated carbocycles. The van der Waals surface area contributed by atoms with Crippen molar-refractivity contribution in [2.45, 2.75) is 17.7 Å². The molecule has 0 N–H and O–H groups in total. The first-order valence-corrected chi connectivity index (χ1v) is 5.69. The number of nitrogens with zero attached hydrogens (tertiary/aromatic N) is 1. The number of thioether (sulfide) groups is 1. The highest BCUT2D eigenvalue weighted by Gasteiger charge is 1.91. The molecule has 0 spiro atoms. The predicted molar refractivity (Wildman–Crippen MR) is 58.0 cm³/mol. The quantitative estimate of drug-likeness (QED) is 0.445. The molecule has 0 saturated heterocycles. The van der Waals surface area contributed by atoms with Gasteiger partial charge in [-0.1, -0.05) is 0 Å². The van der Waals surface area contributed by atoms with Crippen molar-refractivity contribution in [1.29, 1.82) is 0 Å². The molecule has 1 heterocycles. The molecule has 0 aliphatic carbocycles. The van der Waals surface area contributed by atoms with Crippen LogP contribution in [0.4, 0.5) is 0 Å². The SMILES string of the molecule is SCCCCSc1ccncc1. The van der Waals surface area contributed by atoms with Gasteiger partial charge < -0.3 is 0 Å². The fourth-order valence-corrected chi connectivity index (χ4v) is 1.96. The van der Waals surface area contributed by atoms with Gasteiger partial charge in [-0.3, -0.25) is 4.98 Å². The van der Waals surface area contributed by atoms with E-state index in [1.54, 1.807) is 0 Å². The van der Waals surface area contributed by atoms with Crippen LogP contribution in [0.1, 0.15) is 12.8 Å². The summed E-state index contributed by atoms with van der Waals surface area (Å²) in [5.74, 6) is 2.18. The smallest absolute Gasteiger partial charge is 0.0278 e. The van der Waals surface area contributed by atoms with Crippen LogP contribution in [0.2, 0.25) is 0 Å². The maximum atomic E-state index is 4.16. The summed E-state index contributed by atoms with van der Waals surface area (Å²) in [6.07, 6.45) is 6.12. The number of unbranched alkanes of at least 4 members (excludes halogenated alkanes) is 1. The van der Waals surface area contributed by atoms with Crippen LogP contribution >= 0.6 is 24.4 Å². The molecule has 1 nitrogen and oxygen atoms in total. The molecule has 0 radical (unpaired) electrons. The fraction of sp³-hybridized carbons (Fsp3) is 0.444. The summed E-state index contributed by atoms with van der Waals surface area (Å²) < 4.78 is 0. The van der Waals surface area contributed by atoms with E-state index in [0.29, 0.717) is 0 Å². The molecule has 0 atom stereocenters. The van der Waals surface area contributed by atoms with Gasteiger partial charge in [0.2, 0.25) is 0 Å². The summed E-state index contributed by atoms with van der Waals surface area (Å²) in [6.45, 7) is 0. The molecule has 0 unspecified atom stereocenters. The maximum absolute atomic E-state index is 4.16. The third-order valence-corrected chi connectivity index (χ3v) is 2.89. The van der Waals surface area contributed by atoms with Gasteiger partial charge in [0.1, 0.15) is 0 Å². The van der Waals surface area contributed by atoms with Gasteiger partial charge in [-0.2, -0.15) is 12.6 Å². The molecule has 0 aliphatic rings. The van der Waals surface area contributed by atoms with Crippen LogP contribution in [0.15, 0.2) is 29.4 Å². The molecule has 1 aromatic rings. The topological polar surface area (TPSA) is 12.9 Å². The van der Waals surface area contributed by atoms with Crippen molar-refractivity contribution in [3.8, 4) is 0 Å². The summed E-state index contributed by atoms with van der Waals surface area (Å²) in [6, 6.07) is 4.09. The average Bonchev–Trinajstić information content (AvgIpc) is 2.14. The molecule has 12 heavy (non-hydrogen) atoms. The van der Waals surface area contributed by atoms with Crippen molar-refractivity contribution in [3.05, 3.63) is 24.5 Å². The van der Waals surface area contributed by atoms with Gasteiger partial charge in [-0.25, -0.2) is 0 Å². The second-order valence-corrected chi connectivity index (χ2v) is 4.08. The Labute approximate surface area is 83.4 Å². The van der Waals surface area contributed by atoms with Crippen molar-refractivity contribution in [2.24, 2.45) is 0 Å². The summed E-state index contributed by atoms with van der Waals surface area (Å²) >= 11 is 6.05. The Morgan fingerprint density at radius 2 is 2.00 bits per heavy atom.